The molecule has 3 amide bonds. The Labute approximate surface area is 191 Å². The summed E-state index contributed by atoms with van der Waals surface area (Å²) >= 11 is 0. The maximum absolute atomic E-state index is 13.8. The molecule has 0 aromatic heterocycles. The molecule has 1 heterocycles. The lowest BCUT2D eigenvalue weighted by molar-refractivity contribution is -0.123. The van der Waals surface area contributed by atoms with Gasteiger partial charge in [0, 0.05) is 5.56 Å². The lowest BCUT2D eigenvalue weighted by atomic mass is 10.1. The number of rotatable bonds is 7. The largest absolute Gasteiger partial charge is 0.493 e. The third-order valence-electron chi connectivity index (χ3n) is 5.23. The monoisotopic (exact) mass is 446 g/mol. The molecule has 1 aliphatic heterocycles. The normalized spacial score (nSPS) is 14.5. The van der Waals surface area contributed by atoms with Crippen molar-refractivity contribution in [3.05, 3.63) is 100 Å². The van der Waals surface area contributed by atoms with Crippen molar-refractivity contribution in [3.63, 3.8) is 0 Å². The summed E-state index contributed by atoms with van der Waals surface area (Å²) in [6.07, 6.45) is 1.58. The fourth-order valence-electron chi connectivity index (χ4n) is 3.54. The first-order valence-electron chi connectivity index (χ1n) is 10.4. The van der Waals surface area contributed by atoms with Crippen LogP contribution >= 0.6 is 0 Å². The standard InChI is InChI=1S/C26H23FN2O4/c1-17-6-5-7-19(12-17)15-29-25(30)22(28-26(29)31)13-18-10-11-23(24(14-18)32-2)33-16-20-8-3-4-9-21(20)27/h3-14H,15-16H2,1-2H3,(H,28,31)/b22-13+. The Kier molecular flexibility index (Phi) is 6.40. The van der Waals surface area contributed by atoms with E-state index < -0.39 is 11.9 Å². The molecule has 1 N–H and O–H groups in total. The molecule has 7 heteroatoms. The van der Waals surface area contributed by atoms with E-state index in [1.807, 2.05) is 31.2 Å². The lowest BCUT2D eigenvalue weighted by Gasteiger charge is -2.12. The second kappa shape index (κ2) is 9.56. The first kappa shape index (κ1) is 22.1. The van der Waals surface area contributed by atoms with Crippen LogP contribution in [0.2, 0.25) is 0 Å². The number of imide groups is 1. The highest BCUT2D eigenvalue weighted by Crippen LogP contribution is 2.30. The number of methoxy groups -OCH3 is 1. The maximum atomic E-state index is 13.8. The molecule has 168 valence electrons. The molecule has 4 rings (SSSR count). The molecule has 0 aliphatic carbocycles. The van der Waals surface area contributed by atoms with Crippen LogP contribution in [-0.2, 0) is 17.9 Å². The average molecular weight is 446 g/mol. The number of carbonyl (C=O) groups is 2. The molecule has 0 radical (unpaired) electrons. The van der Waals surface area contributed by atoms with Crippen LogP contribution < -0.4 is 14.8 Å². The summed E-state index contributed by atoms with van der Waals surface area (Å²) in [6, 6.07) is 18.7. The van der Waals surface area contributed by atoms with Crippen LogP contribution in [0.5, 0.6) is 11.5 Å². The summed E-state index contributed by atoms with van der Waals surface area (Å²) in [5, 5.41) is 2.63. The van der Waals surface area contributed by atoms with Gasteiger partial charge in [-0.05, 0) is 42.3 Å². The Morgan fingerprint density at radius 3 is 2.58 bits per heavy atom. The molecule has 6 nitrogen and oxygen atoms in total. The van der Waals surface area contributed by atoms with Crippen LogP contribution in [0, 0.1) is 12.7 Å². The smallest absolute Gasteiger partial charge is 0.329 e. The van der Waals surface area contributed by atoms with E-state index in [4.69, 9.17) is 9.47 Å². The molecule has 0 bridgehead atoms. The van der Waals surface area contributed by atoms with Gasteiger partial charge in [-0.15, -0.1) is 0 Å². The zero-order valence-electron chi connectivity index (χ0n) is 18.3. The molecule has 33 heavy (non-hydrogen) atoms. The fraction of sp³-hybridized carbons (Fsp3) is 0.154. The van der Waals surface area contributed by atoms with Crippen molar-refractivity contribution in [1.82, 2.24) is 10.2 Å². The number of nitrogens with zero attached hydrogens (tertiary/aromatic N) is 1. The van der Waals surface area contributed by atoms with E-state index in [1.54, 1.807) is 42.5 Å². The minimum atomic E-state index is -0.468. The van der Waals surface area contributed by atoms with Gasteiger partial charge >= 0.3 is 6.03 Å². The first-order chi connectivity index (χ1) is 15.9. The van der Waals surface area contributed by atoms with Crippen molar-refractivity contribution >= 4 is 18.0 Å². The van der Waals surface area contributed by atoms with Crippen molar-refractivity contribution in [2.75, 3.05) is 7.11 Å². The molecule has 0 atom stereocenters. The number of hydrogen-bond acceptors (Lipinski definition) is 4. The zero-order valence-corrected chi connectivity index (χ0v) is 18.3. The van der Waals surface area contributed by atoms with Crippen LogP contribution in [0.4, 0.5) is 9.18 Å². The van der Waals surface area contributed by atoms with E-state index in [9.17, 15) is 14.0 Å². The number of hydrogen-bond donors (Lipinski definition) is 1. The number of halogens is 1. The van der Waals surface area contributed by atoms with Crippen molar-refractivity contribution in [2.45, 2.75) is 20.1 Å². The number of amides is 3. The number of urea groups is 1. The Morgan fingerprint density at radius 2 is 1.82 bits per heavy atom. The Bertz CT molecular complexity index is 1240. The predicted molar refractivity (Wildman–Crippen MR) is 122 cm³/mol. The van der Waals surface area contributed by atoms with Gasteiger partial charge in [0.05, 0.1) is 13.7 Å². The zero-order chi connectivity index (χ0) is 23.4. The summed E-state index contributed by atoms with van der Waals surface area (Å²) in [4.78, 5) is 26.4. The number of benzene rings is 3. The second-order valence-electron chi connectivity index (χ2n) is 7.66. The highest BCUT2D eigenvalue weighted by Gasteiger charge is 2.33. The molecule has 0 saturated carbocycles. The summed E-state index contributed by atoms with van der Waals surface area (Å²) < 4.78 is 25.0. The quantitative estimate of drug-likeness (QED) is 0.418. The summed E-state index contributed by atoms with van der Waals surface area (Å²) in [6.45, 7) is 2.19. The molecule has 1 fully saturated rings. The molecule has 1 saturated heterocycles. The van der Waals surface area contributed by atoms with Crippen molar-refractivity contribution in [3.8, 4) is 11.5 Å². The molecule has 0 spiro atoms. The molecular formula is C26H23FN2O4. The van der Waals surface area contributed by atoms with Gasteiger partial charge in [-0.3, -0.25) is 9.69 Å². The predicted octanol–water partition coefficient (Wildman–Crippen LogP) is 4.81. The van der Waals surface area contributed by atoms with E-state index >= 15 is 0 Å². The third kappa shape index (κ3) is 5.03. The third-order valence-corrected chi connectivity index (χ3v) is 5.23. The molecule has 0 unspecified atom stereocenters. The van der Waals surface area contributed by atoms with Crippen LogP contribution in [-0.4, -0.2) is 23.9 Å². The van der Waals surface area contributed by atoms with Gasteiger partial charge in [-0.1, -0.05) is 54.1 Å². The SMILES string of the molecule is COc1cc(/C=C2/NC(=O)N(Cc3cccc(C)c3)C2=O)ccc1OCc1ccccc1F. The second-order valence-corrected chi connectivity index (χ2v) is 7.66. The van der Waals surface area contributed by atoms with E-state index in [1.165, 1.54) is 18.1 Å². The molecule has 3 aromatic rings. The van der Waals surface area contributed by atoms with Gasteiger partial charge in [0.1, 0.15) is 18.1 Å². The maximum Gasteiger partial charge on any atom is 0.329 e. The van der Waals surface area contributed by atoms with E-state index in [2.05, 4.69) is 5.32 Å². The topological polar surface area (TPSA) is 67.9 Å². The Hall–Kier alpha value is -4.13. The van der Waals surface area contributed by atoms with Gasteiger partial charge in [-0.25, -0.2) is 9.18 Å². The van der Waals surface area contributed by atoms with E-state index in [0.29, 0.717) is 22.6 Å². The van der Waals surface area contributed by atoms with Crippen LogP contribution in [0.25, 0.3) is 6.08 Å². The van der Waals surface area contributed by atoms with Gasteiger partial charge in [-0.2, -0.15) is 0 Å². The minimum Gasteiger partial charge on any atom is -0.493 e. The molecular weight excluding hydrogens is 423 g/mol. The van der Waals surface area contributed by atoms with Crippen molar-refractivity contribution in [2.24, 2.45) is 0 Å². The summed E-state index contributed by atoms with van der Waals surface area (Å²) in [5.74, 6) is 0.115. The van der Waals surface area contributed by atoms with Crippen molar-refractivity contribution < 1.29 is 23.5 Å². The molecule has 3 aromatic carbocycles. The number of carbonyl (C=O) groups excluding carboxylic acids is 2. The highest BCUT2D eigenvalue weighted by atomic mass is 19.1. The van der Waals surface area contributed by atoms with Gasteiger partial charge < -0.3 is 14.8 Å². The minimum absolute atomic E-state index is 0.0476. The number of ether oxygens (including phenoxy) is 2. The van der Waals surface area contributed by atoms with E-state index in [-0.39, 0.29) is 24.7 Å². The summed E-state index contributed by atoms with van der Waals surface area (Å²) in [7, 11) is 1.49. The van der Waals surface area contributed by atoms with Crippen molar-refractivity contribution in [1.29, 1.82) is 0 Å². The Morgan fingerprint density at radius 1 is 1.00 bits per heavy atom. The highest BCUT2D eigenvalue weighted by molar-refractivity contribution is 6.13. The number of nitrogens with one attached hydrogen (secondary N) is 1. The average Bonchev–Trinajstić information content (AvgIpc) is 3.06. The first-order valence-corrected chi connectivity index (χ1v) is 10.4. The molecule has 1 aliphatic rings. The van der Waals surface area contributed by atoms with Gasteiger partial charge in [0.15, 0.2) is 11.5 Å². The van der Waals surface area contributed by atoms with E-state index in [0.717, 1.165) is 11.1 Å². The van der Waals surface area contributed by atoms with Crippen LogP contribution in [0.1, 0.15) is 22.3 Å². The van der Waals surface area contributed by atoms with Crippen LogP contribution in [0.3, 0.4) is 0 Å². The van der Waals surface area contributed by atoms with Gasteiger partial charge in [0.25, 0.3) is 5.91 Å². The number of aryl methyl sites for hydroxylation is 1. The lowest BCUT2D eigenvalue weighted by Crippen LogP contribution is -2.30. The van der Waals surface area contributed by atoms with Gasteiger partial charge in [0.2, 0.25) is 0 Å². The fourth-order valence-corrected chi connectivity index (χ4v) is 3.54. The van der Waals surface area contributed by atoms with Crippen LogP contribution in [0.15, 0.2) is 72.4 Å². The summed E-state index contributed by atoms with van der Waals surface area (Å²) in [5.41, 5.74) is 3.18. The Balaban J connectivity index is 1.49.